The molecule has 0 bridgehead atoms. The number of nitrogens with zero attached hydrogens (tertiary/aromatic N) is 2. The van der Waals surface area contributed by atoms with Crippen molar-refractivity contribution in [1.82, 2.24) is 4.90 Å². The molecule has 0 aromatic heterocycles. The average molecular weight is 483 g/mol. The lowest BCUT2D eigenvalue weighted by Crippen LogP contribution is -2.38. The molecule has 3 aromatic carbocycles. The fourth-order valence-corrected chi connectivity index (χ4v) is 4.65. The molecule has 36 heavy (non-hydrogen) atoms. The third-order valence-corrected chi connectivity index (χ3v) is 6.62. The molecule has 1 aliphatic rings. The van der Waals surface area contributed by atoms with Gasteiger partial charge in [0.1, 0.15) is 12.4 Å². The molecule has 6 nitrogen and oxygen atoms in total. The Kier molecular flexibility index (Phi) is 8.36. The van der Waals surface area contributed by atoms with Crippen LogP contribution in [0.2, 0.25) is 0 Å². The maximum atomic E-state index is 13.1. The van der Waals surface area contributed by atoms with E-state index in [-0.39, 0.29) is 30.3 Å². The van der Waals surface area contributed by atoms with E-state index in [1.807, 2.05) is 59.5 Å². The SMILES string of the molecule is COC(=O)C[C@H]1C[C@H](COc2ccc(-c3ccc(C#N)cc3)cc2)N(CCCc2ccccc2)C1=O. The minimum atomic E-state index is -0.374. The number of methoxy groups -OCH3 is 1. The van der Waals surface area contributed by atoms with Crippen molar-refractivity contribution >= 4 is 11.9 Å². The number of esters is 1. The number of hydrogen-bond acceptors (Lipinski definition) is 5. The minimum Gasteiger partial charge on any atom is -0.491 e. The van der Waals surface area contributed by atoms with Gasteiger partial charge < -0.3 is 14.4 Å². The van der Waals surface area contributed by atoms with Gasteiger partial charge in [-0.05, 0) is 60.2 Å². The molecule has 1 fully saturated rings. The Hall–Kier alpha value is -4.11. The number of carbonyl (C=O) groups excluding carboxylic acids is 2. The van der Waals surface area contributed by atoms with Crippen LogP contribution in [-0.4, -0.2) is 43.1 Å². The molecule has 0 aliphatic carbocycles. The van der Waals surface area contributed by atoms with Gasteiger partial charge in [-0.2, -0.15) is 5.26 Å². The summed E-state index contributed by atoms with van der Waals surface area (Å²) < 4.78 is 10.9. The quantitative estimate of drug-likeness (QED) is 0.379. The topological polar surface area (TPSA) is 79.6 Å². The first kappa shape index (κ1) is 25.0. The summed E-state index contributed by atoms with van der Waals surface area (Å²) in [6.45, 7) is 0.988. The molecule has 0 spiro atoms. The lowest BCUT2D eigenvalue weighted by molar-refractivity contribution is -0.144. The van der Waals surface area contributed by atoms with Gasteiger partial charge in [0, 0.05) is 6.54 Å². The van der Waals surface area contributed by atoms with E-state index < -0.39 is 0 Å². The van der Waals surface area contributed by atoms with Crippen LogP contribution in [0.15, 0.2) is 78.9 Å². The van der Waals surface area contributed by atoms with Gasteiger partial charge in [0.25, 0.3) is 0 Å². The second-order valence-electron chi connectivity index (χ2n) is 9.01. The van der Waals surface area contributed by atoms with Crippen LogP contribution in [0.25, 0.3) is 11.1 Å². The number of hydrogen-bond donors (Lipinski definition) is 0. The van der Waals surface area contributed by atoms with Crippen LogP contribution >= 0.6 is 0 Å². The largest absolute Gasteiger partial charge is 0.491 e. The maximum absolute atomic E-state index is 13.1. The molecule has 184 valence electrons. The Labute approximate surface area is 212 Å². The lowest BCUT2D eigenvalue weighted by Gasteiger charge is -2.25. The highest BCUT2D eigenvalue weighted by atomic mass is 16.5. The molecule has 4 rings (SSSR count). The molecule has 3 aromatic rings. The van der Waals surface area contributed by atoms with Crippen LogP contribution in [0.5, 0.6) is 5.75 Å². The second kappa shape index (κ2) is 12.0. The minimum absolute atomic E-state index is 0.00164. The average Bonchev–Trinajstić information content (AvgIpc) is 3.22. The number of amides is 1. The molecule has 1 amide bonds. The Balaban J connectivity index is 1.38. The van der Waals surface area contributed by atoms with Crippen molar-refractivity contribution in [2.45, 2.75) is 31.7 Å². The molecular weight excluding hydrogens is 452 g/mol. The highest BCUT2D eigenvalue weighted by molar-refractivity contribution is 5.85. The highest BCUT2D eigenvalue weighted by Crippen LogP contribution is 2.29. The molecule has 6 heteroatoms. The first-order valence-corrected chi connectivity index (χ1v) is 12.2. The Morgan fingerprint density at radius 2 is 1.67 bits per heavy atom. The number of aryl methyl sites for hydroxylation is 1. The normalized spacial score (nSPS) is 17.0. The molecule has 1 heterocycles. The van der Waals surface area contributed by atoms with Crippen molar-refractivity contribution < 1.29 is 19.1 Å². The zero-order valence-corrected chi connectivity index (χ0v) is 20.4. The summed E-state index contributed by atoms with van der Waals surface area (Å²) >= 11 is 0. The number of rotatable bonds is 10. The van der Waals surface area contributed by atoms with Crippen molar-refractivity contribution in [3.05, 3.63) is 90.0 Å². The third kappa shape index (κ3) is 6.31. The fraction of sp³-hybridized carbons (Fsp3) is 0.300. The van der Waals surface area contributed by atoms with Gasteiger partial charge in [-0.1, -0.05) is 54.6 Å². The first-order chi connectivity index (χ1) is 17.6. The van der Waals surface area contributed by atoms with E-state index in [0.717, 1.165) is 29.7 Å². The van der Waals surface area contributed by atoms with Crippen molar-refractivity contribution in [2.75, 3.05) is 20.3 Å². The van der Waals surface area contributed by atoms with E-state index in [2.05, 4.69) is 18.2 Å². The molecule has 2 atom stereocenters. The predicted molar refractivity (Wildman–Crippen MR) is 137 cm³/mol. The van der Waals surface area contributed by atoms with Gasteiger partial charge in [-0.15, -0.1) is 0 Å². The van der Waals surface area contributed by atoms with Gasteiger partial charge >= 0.3 is 5.97 Å². The Morgan fingerprint density at radius 1 is 1.00 bits per heavy atom. The Bertz CT molecular complexity index is 1200. The summed E-state index contributed by atoms with van der Waals surface area (Å²) in [5, 5.41) is 8.98. The van der Waals surface area contributed by atoms with E-state index in [0.29, 0.717) is 25.1 Å². The third-order valence-electron chi connectivity index (χ3n) is 6.62. The van der Waals surface area contributed by atoms with E-state index in [1.54, 1.807) is 12.1 Å². The van der Waals surface area contributed by atoms with Crippen LogP contribution in [0.4, 0.5) is 0 Å². The van der Waals surface area contributed by atoms with Crippen LogP contribution < -0.4 is 4.74 Å². The van der Waals surface area contributed by atoms with E-state index in [4.69, 9.17) is 14.7 Å². The zero-order chi connectivity index (χ0) is 25.3. The van der Waals surface area contributed by atoms with Gasteiger partial charge in [-0.25, -0.2) is 0 Å². The van der Waals surface area contributed by atoms with Crippen LogP contribution in [0, 0.1) is 17.2 Å². The smallest absolute Gasteiger partial charge is 0.306 e. The second-order valence-corrected chi connectivity index (χ2v) is 9.01. The Morgan fingerprint density at radius 3 is 2.31 bits per heavy atom. The lowest BCUT2D eigenvalue weighted by atomic mass is 10.0. The molecule has 0 unspecified atom stereocenters. The van der Waals surface area contributed by atoms with Crippen molar-refractivity contribution in [3.63, 3.8) is 0 Å². The highest BCUT2D eigenvalue weighted by Gasteiger charge is 2.40. The van der Waals surface area contributed by atoms with E-state index in [9.17, 15) is 9.59 Å². The number of ether oxygens (including phenoxy) is 2. The predicted octanol–water partition coefficient (Wildman–Crippen LogP) is 5.02. The maximum Gasteiger partial charge on any atom is 0.306 e. The number of benzene rings is 3. The number of carbonyl (C=O) groups is 2. The molecular formula is C30H30N2O4. The molecule has 0 saturated carbocycles. The van der Waals surface area contributed by atoms with Crippen molar-refractivity contribution in [2.24, 2.45) is 5.92 Å². The van der Waals surface area contributed by atoms with Crippen LogP contribution in [0.1, 0.15) is 30.4 Å². The molecule has 1 aliphatic heterocycles. The zero-order valence-electron chi connectivity index (χ0n) is 20.4. The first-order valence-electron chi connectivity index (χ1n) is 12.2. The van der Waals surface area contributed by atoms with Crippen LogP contribution in [0.3, 0.4) is 0 Å². The summed E-state index contributed by atoms with van der Waals surface area (Å²) in [6.07, 6.45) is 2.40. The number of likely N-dealkylation sites (tertiary alicyclic amines) is 1. The monoisotopic (exact) mass is 482 g/mol. The van der Waals surface area contributed by atoms with Gasteiger partial charge in [0.2, 0.25) is 5.91 Å². The van der Waals surface area contributed by atoms with Gasteiger partial charge in [0.15, 0.2) is 0 Å². The van der Waals surface area contributed by atoms with Crippen molar-refractivity contribution in [1.29, 1.82) is 5.26 Å². The fourth-order valence-electron chi connectivity index (χ4n) is 4.65. The van der Waals surface area contributed by atoms with E-state index >= 15 is 0 Å². The van der Waals surface area contributed by atoms with Gasteiger partial charge in [0.05, 0.1) is 37.1 Å². The summed E-state index contributed by atoms with van der Waals surface area (Å²) in [5.41, 5.74) is 3.93. The van der Waals surface area contributed by atoms with Crippen LogP contribution in [-0.2, 0) is 20.7 Å². The molecule has 0 radical (unpaired) electrons. The van der Waals surface area contributed by atoms with Crippen molar-refractivity contribution in [3.8, 4) is 22.9 Å². The summed E-state index contributed by atoms with van der Waals surface area (Å²) in [6, 6.07) is 27.5. The van der Waals surface area contributed by atoms with Gasteiger partial charge in [-0.3, -0.25) is 9.59 Å². The summed E-state index contributed by atoms with van der Waals surface area (Å²) in [4.78, 5) is 26.8. The molecule has 0 N–H and O–H groups in total. The summed E-state index contributed by atoms with van der Waals surface area (Å²) in [7, 11) is 1.35. The number of nitriles is 1. The van der Waals surface area contributed by atoms with E-state index in [1.165, 1.54) is 12.7 Å². The molecule has 1 saturated heterocycles. The standard InChI is InChI=1S/C30H30N2O4/c1-35-29(33)19-26-18-27(32(30(26)34)17-5-8-22-6-3-2-4-7-22)21-36-28-15-13-25(14-16-28)24-11-9-23(20-31)10-12-24/h2-4,6-7,9-16,26-27H,5,8,17-19,21H2,1H3/t26-,27-/m1/s1. The summed E-state index contributed by atoms with van der Waals surface area (Å²) in [5.74, 6) is -0.0159.